The number of hydrogen-bond donors (Lipinski definition) is 2. The SMILES string of the molecule is CC.CC.CC.CC.CC1=C([C@H]2C(O)C(C(C)(C)C)=CC(C)[C@H]2C)[C@H](O)[C@H](C(C)(C)C)C[C@H]1C.[CH2-]C(C)(C)C.[Mo]=[N]C12CC3CC(CC(C3)C1)C2. The summed E-state index contributed by atoms with van der Waals surface area (Å²) in [5.74, 6) is 4.58. The first-order valence-corrected chi connectivity index (χ1v) is 22.4. The molecule has 3 nitrogen and oxygen atoms in total. The molecule has 0 aromatic rings. The summed E-state index contributed by atoms with van der Waals surface area (Å²) in [6, 6.07) is 0. The van der Waals surface area contributed by atoms with Crippen LogP contribution in [0.3, 0.4) is 0 Å². The van der Waals surface area contributed by atoms with E-state index in [9.17, 15) is 10.2 Å². The second-order valence-corrected chi connectivity index (χ2v) is 19.5. The number of nitrogens with zero attached hydrogens (tertiary/aromatic N) is 1. The van der Waals surface area contributed by atoms with Crippen LogP contribution in [0.15, 0.2) is 26.3 Å². The molecule has 0 amide bonds. The van der Waals surface area contributed by atoms with Gasteiger partial charge in [0, 0.05) is 5.92 Å². The van der Waals surface area contributed by atoms with Crippen LogP contribution in [0.4, 0.5) is 0 Å². The van der Waals surface area contributed by atoms with Gasteiger partial charge in [0.15, 0.2) is 0 Å². The van der Waals surface area contributed by atoms with Gasteiger partial charge >= 0.3 is 84.9 Å². The molecule has 7 atom stereocenters. The Bertz CT molecular complexity index is 995. The summed E-state index contributed by atoms with van der Waals surface area (Å²) in [7, 11) is 0. The molecule has 0 aromatic heterocycles. The van der Waals surface area contributed by atoms with E-state index < -0.39 is 12.2 Å². The van der Waals surface area contributed by atoms with E-state index >= 15 is 0 Å². The molecule has 304 valence electrons. The molecule has 0 aromatic carbocycles. The normalized spacial score (nSPS) is 35.1. The van der Waals surface area contributed by atoms with E-state index in [0.29, 0.717) is 23.3 Å². The average molecular weight is 799 g/mol. The molecule has 4 saturated carbocycles. The quantitative estimate of drug-likeness (QED) is 0.166. The maximum absolute atomic E-state index is 11.4. The molecule has 0 radical (unpaired) electrons. The van der Waals surface area contributed by atoms with E-state index in [2.05, 4.69) is 103 Å². The number of allylic oxidation sites excluding steroid dienone is 2. The molecule has 6 aliphatic rings. The van der Waals surface area contributed by atoms with Gasteiger partial charge in [-0.3, -0.25) is 0 Å². The van der Waals surface area contributed by atoms with Crippen molar-refractivity contribution >= 4 is 0 Å². The van der Waals surface area contributed by atoms with Crippen LogP contribution >= 0.6 is 0 Å². The van der Waals surface area contributed by atoms with Crippen molar-refractivity contribution in [1.82, 2.24) is 0 Å². The van der Waals surface area contributed by atoms with Crippen molar-refractivity contribution in [3.63, 3.8) is 0 Å². The molecule has 0 heterocycles. The third-order valence-corrected chi connectivity index (χ3v) is 12.5. The van der Waals surface area contributed by atoms with Gasteiger partial charge in [-0.05, 0) is 59.0 Å². The van der Waals surface area contributed by atoms with E-state index in [0.717, 1.165) is 35.3 Å². The molecule has 0 saturated heterocycles. The summed E-state index contributed by atoms with van der Waals surface area (Å²) in [4.78, 5) is 0. The van der Waals surface area contributed by atoms with Crippen LogP contribution in [-0.2, 0) is 19.6 Å². The second kappa shape index (κ2) is 23.1. The van der Waals surface area contributed by atoms with E-state index in [4.69, 9.17) is 3.50 Å². The van der Waals surface area contributed by atoms with Gasteiger partial charge in [-0.15, -0.1) is 0 Å². The molecule has 6 rings (SSSR count). The van der Waals surface area contributed by atoms with Crippen LogP contribution in [0.1, 0.15) is 190 Å². The van der Waals surface area contributed by atoms with E-state index in [1.807, 2.05) is 75.0 Å². The molecule has 6 aliphatic carbocycles. The monoisotopic (exact) mass is 801 g/mol. The van der Waals surface area contributed by atoms with E-state index in [1.54, 1.807) is 0 Å². The van der Waals surface area contributed by atoms with Gasteiger partial charge in [0.05, 0.1) is 12.2 Å². The zero-order valence-electron chi connectivity index (χ0n) is 38.3. The molecule has 0 spiro atoms. The maximum atomic E-state index is 11.4. The van der Waals surface area contributed by atoms with Crippen LogP contribution in [0, 0.1) is 70.5 Å². The molecule has 4 heteroatoms. The van der Waals surface area contributed by atoms with E-state index in [1.165, 1.54) is 44.1 Å². The Morgan fingerprint density at radius 3 is 1.39 bits per heavy atom. The first-order chi connectivity index (χ1) is 23.5. The van der Waals surface area contributed by atoms with Crippen molar-refractivity contribution in [3.8, 4) is 0 Å². The summed E-state index contributed by atoms with van der Waals surface area (Å²) in [6.45, 7) is 48.2. The summed E-state index contributed by atoms with van der Waals surface area (Å²) in [6.07, 6.45) is 11.2. The van der Waals surface area contributed by atoms with E-state index in [-0.39, 0.29) is 28.1 Å². The number of aliphatic hydroxyl groups is 2. The molecule has 2 unspecified atom stereocenters. The minimum absolute atomic E-state index is 0.00632. The summed E-state index contributed by atoms with van der Waals surface area (Å²) < 4.78 is 4.69. The molecule has 0 aliphatic heterocycles. The zero-order valence-corrected chi connectivity index (χ0v) is 40.3. The zero-order chi connectivity index (χ0) is 40.9. The predicted molar refractivity (Wildman–Crippen MR) is 224 cm³/mol. The number of hydrogen-bond acceptors (Lipinski definition) is 3. The standard InChI is InChI=1S/C24H42O2.C10H15N.C5H11.4C2H6.Mo/c1-13-11-17(23(5,6)7)21(25)19(15(13)3)20-16(4)14(2)12-18(22(20)26)24(8,9)10;11-10-4-7-1-8(5-10)3-9(2-7)6-10;1-5(2,3)4;4*1-2;/h11,13-15,18-19,21-22,25-26H,12H2,1-10H3;7-9H,1-6H2;1H2,2-4H3;4*1-2H3;/q;;-1;;;;;/t13?,14-,15-,18-,19+,21?,22-;;;;;;;/m1......./s1. The first-order valence-electron chi connectivity index (χ1n) is 21.5. The van der Waals surface area contributed by atoms with Crippen molar-refractivity contribution in [2.24, 2.45) is 67.1 Å². The molecule has 2 N–H and O–H groups in total. The van der Waals surface area contributed by atoms with Gasteiger partial charge in [-0.1, -0.05) is 150 Å². The second-order valence-electron chi connectivity index (χ2n) is 19.0. The Balaban J connectivity index is 0. The topological polar surface area (TPSA) is 52.8 Å². The molecule has 51 heavy (non-hydrogen) atoms. The predicted octanol–water partition coefficient (Wildman–Crippen LogP) is 14.3. The van der Waals surface area contributed by atoms with Gasteiger partial charge in [0.1, 0.15) is 0 Å². The molecule has 4 bridgehead atoms. The molecular formula is C47H92MoNO2-. The summed E-state index contributed by atoms with van der Waals surface area (Å²) in [5, 5.41) is 22.8. The van der Waals surface area contributed by atoms with Crippen LogP contribution < -0.4 is 0 Å². The molecular weight excluding hydrogens is 706 g/mol. The van der Waals surface area contributed by atoms with Crippen LogP contribution in [0.5, 0.6) is 0 Å². The fourth-order valence-electron chi connectivity index (χ4n) is 9.37. The van der Waals surface area contributed by atoms with Crippen LogP contribution in [-0.4, -0.2) is 28.0 Å². The van der Waals surface area contributed by atoms with Gasteiger partial charge in [-0.25, -0.2) is 0 Å². The van der Waals surface area contributed by atoms with Crippen LogP contribution in [0.25, 0.3) is 0 Å². The van der Waals surface area contributed by atoms with Gasteiger partial charge in [-0.2, -0.15) is 5.41 Å². The Morgan fingerprint density at radius 2 is 1.08 bits per heavy atom. The van der Waals surface area contributed by atoms with Crippen molar-refractivity contribution in [2.45, 2.75) is 208 Å². The Hall–Kier alpha value is -0.112. The van der Waals surface area contributed by atoms with Gasteiger partial charge < -0.3 is 17.1 Å². The molecule has 4 fully saturated rings. The number of rotatable bonds is 2. The Morgan fingerprint density at radius 1 is 0.706 bits per heavy atom. The van der Waals surface area contributed by atoms with Gasteiger partial charge in [0.2, 0.25) is 0 Å². The summed E-state index contributed by atoms with van der Waals surface area (Å²) >= 11 is 1.98. The van der Waals surface area contributed by atoms with Crippen molar-refractivity contribution < 1.29 is 29.8 Å². The van der Waals surface area contributed by atoms with Gasteiger partial charge in [0.25, 0.3) is 0 Å². The fraction of sp³-hybridized carbons (Fsp3) is 0.894. The van der Waals surface area contributed by atoms with Crippen molar-refractivity contribution in [2.75, 3.05) is 0 Å². The first kappa shape index (κ1) is 53.0. The van der Waals surface area contributed by atoms with Crippen molar-refractivity contribution in [1.29, 1.82) is 0 Å². The summed E-state index contributed by atoms with van der Waals surface area (Å²) in [5.41, 5.74) is 4.28. The minimum atomic E-state index is -0.508. The van der Waals surface area contributed by atoms with Crippen molar-refractivity contribution in [3.05, 3.63) is 29.7 Å². The third-order valence-electron chi connectivity index (χ3n) is 11.5. The van der Waals surface area contributed by atoms with Crippen LogP contribution in [0.2, 0.25) is 0 Å². The average Bonchev–Trinajstić information content (AvgIpc) is 3.04. The Kier molecular flexibility index (Phi) is 24.0. The third kappa shape index (κ3) is 15.5. The Labute approximate surface area is 333 Å². The number of aliphatic hydroxyl groups excluding tert-OH is 2. The fourth-order valence-corrected chi connectivity index (χ4v) is 9.92.